The zero-order chi connectivity index (χ0) is 15.0. The van der Waals surface area contributed by atoms with Crippen molar-refractivity contribution in [3.05, 3.63) is 46.0 Å². The Morgan fingerprint density at radius 1 is 1.43 bits per heavy atom. The van der Waals surface area contributed by atoms with Crippen molar-refractivity contribution in [2.24, 2.45) is 5.73 Å². The SMILES string of the molecule is NCCc1cn([C@H]2COc3c(F)cc(F)cc3C2)c(=S)[nH]1. The van der Waals surface area contributed by atoms with E-state index in [1.54, 1.807) is 0 Å². The van der Waals surface area contributed by atoms with Crippen molar-refractivity contribution in [3.63, 3.8) is 0 Å². The Morgan fingerprint density at radius 2 is 2.24 bits per heavy atom. The highest BCUT2D eigenvalue weighted by Crippen LogP contribution is 2.33. The Hall–Kier alpha value is -1.73. The number of hydrogen-bond donors (Lipinski definition) is 2. The molecule has 1 aliphatic heterocycles. The molecule has 21 heavy (non-hydrogen) atoms. The number of halogens is 2. The minimum absolute atomic E-state index is 0.0889. The van der Waals surface area contributed by atoms with Crippen molar-refractivity contribution >= 4 is 12.2 Å². The molecule has 1 aliphatic rings. The normalized spacial score (nSPS) is 17.4. The van der Waals surface area contributed by atoms with Gasteiger partial charge in [0.25, 0.3) is 0 Å². The number of ether oxygens (including phenoxy) is 1. The van der Waals surface area contributed by atoms with Crippen LogP contribution in [-0.2, 0) is 12.8 Å². The molecule has 0 amide bonds. The molecule has 0 bridgehead atoms. The van der Waals surface area contributed by atoms with Crippen molar-refractivity contribution in [1.29, 1.82) is 0 Å². The first-order chi connectivity index (χ1) is 10.1. The van der Waals surface area contributed by atoms with Crippen molar-refractivity contribution in [1.82, 2.24) is 9.55 Å². The van der Waals surface area contributed by atoms with Gasteiger partial charge < -0.3 is 20.0 Å². The number of nitrogens with zero attached hydrogens (tertiary/aromatic N) is 1. The monoisotopic (exact) mass is 311 g/mol. The molecular weight excluding hydrogens is 296 g/mol. The van der Waals surface area contributed by atoms with Gasteiger partial charge in [-0.1, -0.05) is 0 Å². The van der Waals surface area contributed by atoms with Gasteiger partial charge in [0.05, 0.1) is 6.04 Å². The molecule has 1 aromatic carbocycles. The maximum atomic E-state index is 13.6. The van der Waals surface area contributed by atoms with Crippen LogP contribution in [0.15, 0.2) is 18.3 Å². The lowest BCUT2D eigenvalue weighted by Crippen LogP contribution is -2.25. The van der Waals surface area contributed by atoms with Gasteiger partial charge >= 0.3 is 0 Å². The summed E-state index contributed by atoms with van der Waals surface area (Å²) in [6.45, 7) is 0.819. The summed E-state index contributed by atoms with van der Waals surface area (Å²) in [5, 5.41) is 0. The van der Waals surface area contributed by atoms with E-state index in [-0.39, 0.29) is 11.8 Å². The number of imidazole rings is 1. The molecule has 0 fully saturated rings. The van der Waals surface area contributed by atoms with Gasteiger partial charge in [0.15, 0.2) is 16.3 Å². The van der Waals surface area contributed by atoms with Crippen molar-refractivity contribution in [2.45, 2.75) is 18.9 Å². The molecule has 4 nitrogen and oxygen atoms in total. The second-order valence-corrected chi connectivity index (χ2v) is 5.46. The van der Waals surface area contributed by atoms with Gasteiger partial charge in [-0.25, -0.2) is 8.78 Å². The van der Waals surface area contributed by atoms with Crippen molar-refractivity contribution in [3.8, 4) is 5.75 Å². The lowest BCUT2D eigenvalue weighted by molar-refractivity contribution is 0.212. The van der Waals surface area contributed by atoms with Crippen LogP contribution < -0.4 is 10.5 Å². The van der Waals surface area contributed by atoms with E-state index < -0.39 is 11.6 Å². The first-order valence-electron chi connectivity index (χ1n) is 6.69. The minimum Gasteiger partial charge on any atom is -0.488 e. The average Bonchev–Trinajstić information content (AvgIpc) is 2.79. The van der Waals surface area contributed by atoms with Crippen LogP contribution in [0.2, 0.25) is 0 Å². The lowest BCUT2D eigenvalue weighted by atomic mass is 10.0. The van der Waals surface area contributed by atoms with E-state index in [0.29, 0.717) is 36.3 Å². The van der Waals surface area contributed by atoms with E-state index in [2.05, 4.69) is 4.98 Å². The molecule has 3 rings (SSSR count). The summed E-state index contributed by atoms with van der Waals surface area (Å²) in [4.78, 5) is 3.08. The quantitative estimate of drug-likeness (QED) is 0.856. The zero-order valence-electron chi connectivity index (χ0n) is 11.2. The predicted octanol–water partition coefficient (Wildman–Crippen LogP) is 2.50. The molecule has 2 heterocycles. The maximum Gasteiger partial charge on any atom is 0.177 e. The van der Waals surface area contributed by atoms with E-state index in [4.69, 9.17) is 22.7 Å². The van der Waals surface area contributed by atoms with Gasteiger partial charge in [-0.15, -0.1) is 0 Å². The van der Waals surface area contributed by atoms with E-state index in [0.717, 1.165) is 11.8 Å². The molecule has 0 saturated carbocycles. The third-order valence-electron chi connectivity index (χ3n) is 3.56. The molecule has 0 aliphatic carbocycles. The topological polar surface area (TPSA) is 56.0 Å². The van der Waals surface area contributed by atoms with Crippen LogP contribution in [0.4, 0.5) is 8.78 Å². The highest BCUT2D eigenvalue weighted by atomic mass is 32.1. The number of fused-ring (bicyclic) bond motifs is 1. The molecule has 2 aromatic rings. The summed E-state index contributed by atoms with van der Waals surface area (Å²) in [5.41, 5.74) is 6.99. The maximum absolute atomic E-state index is 13.6. The molecule has 7 heteroatoms. The third-order valence-corrected chi connectivity index (χ3v) is 3.88. The number of H-pyrrole nitrogens is 1. The Bertz CT molecular complexity index is 725. The highest BCUT2D eigenvalue weighted by molar-refractivity contribution is 7.71. The van der Waals surface area contributed by atoms with Gasteiger partial charge in [0.2, 0.25) is 0 Å². The van der Waals surface area contributed by atoms with E-state index in [1.165, 1.54) is 6.07 Å². The van der Waals surface area contributed by atoms with Crippen LogP contribution in [0.1, 0.15) is 17.3 Å². The van der Waals surface area contributed by atoms with Crippen molar-refractivity contribution in [2.75, 3.05) is 13.2 Å². The molecule has 0 saturated heterocycles. The summed E-state index contributed by atoms with van der Waals surface area (Å²) in [6.07, 6.45) is 3.06. The molecule has 0 spiro atoms. The Morgan fingerprint density at radius 3 is 3.00 bits per heavy atom. The highest BCUT2D eigenvalue weighted by Gasteiger charge is 2.25. The molecule has 0 unspecified atom stereocenters. The fourth-order valence-electron chi connectivity index (χ4n) is 2.61. The number of rotatable bonds is 3. The Labute approximate surface area is 125 Å². The average molecular weight is 311 g/mol. The van der Waals surface area contributed by atoms with E-state index in [1.807, 2.05) is 10.8 Å². The zero-order valence-corrected chi connectivity index (χ0v) is 12.1. The number of nitrogens with two attached hydrogens (primary N) is 1. The summed E-state index contributed by atoms with van der Waals surface area (Å²) < 4.78 is 34.8. The van der Waals surface area contributed by atoms with Crippen LogP contribution in [0.25, 0.3) is 0 Å². The second-order valence-electron chi connectivity index (χ2n) is 5.08. The molecule has 1 atom stereocenters. The minimum atomic E-state index is -0.662. The Balaban J connectivity index is 1.91. The van der Waals surface area contributed by atoms with Crippen LogP contribution in [0.3, 0.4) is 0 Å². The Kier molecular flexibility index (Phi) is 3.77. The molecule has 1 aromatic heterocycles. The third kappa shape index (κ3) is 2.71. The second kappa shape index (κ2) is 5.57. The molecule has 0 radical (unpaired) electrons. The first kappa shape index (κ1) is 14.2. The van der Waals surface area contributed by atoms with Gasteiger partial charge in [0, 0.05) is 36.4 Å². The molecule has 112 valence electrons. The molecule has 3 N–H and O–H groups in total. The van der Waals surface area contributed by atoms with Crippen LogP contribution in [0.5, 0.6) is 5.75 Å². The standard InChI is InChI=1S/C14H15F2N3OS/c15-9-3-8-4-11(7-20-13(8)12(16)5-9)19-6-10(1-2-17)18-14(19)21/h3,5-6,11H,1-2,4,7,17H2,(H,18,21)/t11-/m1/s1. The summed E-state index contributed by atoms with van der Waals surface area (Å²) in [5.74, 6) is -1.13. The van der Waals surface area contributed by atoms with Gasteiger partial charge in [-0.05, 0) is 24.8 Å². The number of nitrogens with one attached hydrogen (secondary N) is 1. The predicted molar refractivity (Wildman–Crippen MR) is 77.0 cm³/mol. The lowest BCUT2D eigenvalue weighted by Gasteiger charge is -2.26. The smallest absolute Gasteiger partial charge is 0.177 e. The van der Waals surface area contributed by atoms with Crippen molar-refractivity contribution < 1.29 is 13.5 Å². The van der Waals surface area contributed by atoms with Crippen LogP contribution in [-0.4, -0.2) is 22.7 Å². The number of hydrogen-bond acceptors (Lipinski definition) is 3. The molecular formula is C14H15F2N3OS. The largest absolute Gasteiger partial charge is 0.488 e. The summed E-state index contributed by atoms with van der Waals surface area (Å²) in [6, 6.07) is 2.05. The fraction of sp³-hybridized carbons (Fsp3) is 0.357. The fourth-order valence-corrected chi connectivity index (χ4v) is 2.95. The van der Waals surface area contributed by atoms with Gasteiger partial charge in [-0.3, -0.25) is 0 Å². The van der Waals surface area contributed by atoms with E-state index >= 15 is 0 Å². The van der Waals surface area contributed by atoms with Crippen LogP contribution >= 0.6 is 12.2 Å². The summed E-state index contributed by atoms with van der Waals surface area (Å²) >= 11 is 5.28. The van der Waals surface area contributed by atoms with E-state index in [9.17, 15) is 8.78 Å². The van der Waals surface area contributed by atoms with Gasteiger partial charge in [0.1, 0.15) is 12.4 Å². The summed E-state index contributed by atoms with van der Waals surface area (Å²) in [7, 11) is 0. The number of aromatic nitrogens is 2. The van der Waals surface area contributed by atoms with Gasteiger partial charge in [-0.2, -0.15) is 0 Å². The first-order valence-corrected chi connectivity index (χ1v) is 7.10. The number of aromatic amines is 1. The van der Waals surface area contributed by atoms with Crippen LogP contribution in [0, 0.1) is 16.4 Å². The number of benzene rings is 1.